The number of nitrogens with two attached hydrogens (primary N) is 2. The topological polar surface area (TPSA) is 93.1 Å². The summed E-state index contributed by atoms with van der Waals surface area (Å²) in [5.74, 6) is 1.12. The largest absolute Gasteiger partial charge is 0.393 e. The Morgan fingerprint density at radius 1 is 1.09 bits per heavy atom. The van der Waals surface area contributed by atoms with Crippen LogP contribution in [0.5, 0.6) is 0 Å². The third-order valence-corrected chi connectivity index (χ3v) is 4.38. The van der Waals surface area contributed by atoms with Crippen LogP contribution < -0.4 is 21.7 Å². The van der Waals surface area contributed by atoms with Gasteiger partial charge >= 0.3 is 0 Å². The lowest BCUT2D eigenvalue weighted by Crippen LogP contribution is -2.43. The van der Waals surface area contributed by atoms with E-state index >= 15 is 0 Å². The first-order chi connectivity index (χ1) is 11.2. The van der Waals surface area contributed by atoms with Gasteiger partial charge in [0.2, 0.25) is 0 Å². The van der Waals surface area contributed by atoms with Crippen LogP contribution in [0.25, 0.3) is 0 Å². The zero-order valence-electron chi connectivity index (χ0n) is 13.3. The minimum atomic E-state index is 0.359. The molecule has 1 aromatic heterocycles. The van der Waals surface area contributed by atoms with Crippen LogP contribution in [0.1, 0.15) is 18.4 Å². The van der Waals surface area contributed by atoms with Gasteiger partial charge in [0.05, 0.1) is 0 Å². The molecule has 1 saturated heterocycles. The number of hydrogen-bond donors (Lipinski definition) is 3. The molecule has 5 N–H and O–H groups in total. The summed E-state index contributed by atoms with van der Waals surface area (Å²) >= 11 is 0. The molecule has 0 saturated carbocycles. The summed E-state index contributed by atoms with van der Waals surface area (Å²) in [5, 5.41) is 3.65. The number of nitrogen functional groups attached to an aromatic ring is 2. The van der Waals surface area contributed by atoms with Gasteiger partial charge in [0, 0.05) is 19.1 Å². The molecule has 0 amide bonds. The first-order valence-corrected chi connectivity index (χ1v) is 8.12. The lowest BCUT2D eigenvalue weighted by Gasteiger charge is -2.33. The van der Waals surface area contributed by atoms with Gasteiger partial charge in [-0.25, -0.2) is 9.97 Å². The lowest BCUT2D eigenvalue weighted by atomic mass is 10.0. The van der Waals surface area contributed by atoms with Gasteiger partial charge in [-0.05, 0) is 31.4 Å². The van der Waals surface area contributed by atoms with E-state index in [1.165, 1.54) is 11.9 Å². The lowest BCUT2D eigenvalue weighted by molar-refractivity contribution is 0.416. The van der Waals surface area contributed by atoms with Crippen molar-refractivity contribution in [3.63, 3.8) is 0 Å². The van der Waals surface area contributed by atoms with Gasteiger partial charge in [0.25, 0.3) is 0 Å². The second-order valence-electron chi connectivity index (χ2n) is 5.95. The van der Waals surface area contributed by atoms with Crippen molar-refractivity contribution >= 4 is 17.3 Å². The van der Waals surface area contributed by atoms with Gasteiger partial charge in [-0.2, -0.15) is 0 Å². The standard InChI is InChI=1S/C17H24N6/c18-15-16(19)21-12-22-17(15)23-10-7-14(8-11-23)20-9-6-13-4-2-1-3-5-13/h1-5,12,14,20H,6-11,18H2,(H2,19,21,22). The van der Waals surface area contributed by atoms with Gasteiger partial charge in [-0.15, -0.1) is 0 Å². The predicted molar refractivity (Wildman–Crippen MR) is 94.2 cm³/mol. The van der Waals surface area contributed by atoms with Crippen LogP contribution in [-0.2, 0) is 6.42 Å². The zero-order valence-corrected chi connectivity index (χ0v) is 13.3. The van der Waals surface area contributed by atoms with Crippen LogP contribution in [0.2, 0.25) is 0 Å². The van der Waals surface area contributed by atoms with E-state index in [-0.39, 0.29) is 0 Å². The first kappa shape index (κ1) is 15.6. The number of nitrogens with one attached hydrogen (secondary N) is 1. The maximum absolute atomic E-state index is 5.99. The van der Waals surface area contributed by atoms with E-state index in [1.54, 1.807) is 0 Å². The van der Waals surface area contributed by atoms with Crippen molar-refractivity contribution in [3.05, 3.63) is 42.2 Å². The maximum atomic E-state index is 5.99. The van der Waals surface area contributed by atoms with E-state index in [0.717, 1.165) is 44.7 Å². The Labute approximate surface area is 136 Å². The second kappa shape index (κ2) is 7.28. The molecule has 0 radical (unpaired) electrons. The van der Waals surface area contributed by atoms with Crippen molar-refractivity contribution in [1.29, 1.82) is 0 Å². The highest BCUT2D eigenvalue weighted by atomic mass is 15.2. The van der Waals surface area contributed by atoms with Crippen molar-refractivity contribution in [3.8, 4) is 0 Å². The fourth-order valence-electron chi connectivity index (χ4n) is 3.01. The highest BCUT2D eigenvalue weighted by molar-refractivity contribution is 5.73. The van der Waals surface area contributed by atoms with E-state index in [4.69, 9.17) is 11.5 Å². The summed E-state index contributed by atoms with van der Waals surface area (Å²) in [5.41, 5.74) is 13.6. The molecule has 6 heteroatoms. The number of anilines is 3. The number of rotatable bonds is 5. The molecule has 6 nitrogen and oxygen atoms in total. The fourth-order valence-corrected chi connectivity index (χ4v) is 3.01. The molecule has 122 valence electrons. The quantitative estimate of drug-likeness (QED) is 0.773. The van der Waals surface area contributed by atoms with Crippen molar-refractivity contribution in [2.75, 3.05) is 36.0 Å². The summed E-state index contributed by atoms with van der Waals surface area (Å²) in [6.07, 6.45) is 4.71. The molecular formula is C17H24N6. The van der Waals surface area contributed by atoms with Gasteiger partial charge in [0.15, 0.2) is 11.6 Å². The first-order valence-electron chi connectivity index (χ1n) is 8.12. The summed E-state index contributed by atoms with van der Waals surface area (Å²) in [7, 11) is 0. The molecule has 0 unspecified atom stereocenters. The number of aromatic nitrogens is 2. The van der Waals surface area contributed by atoms with E-state index in [1.807, 2.05) is 0 Å². The molecule has 1 aromatic carbocycles. The molecule has 0 aliphatic carbocycles. The average Bonchev–Trinajstić information content (AvgIpc) is 2.59. The van der Waals surface area contributed by atoms with Crippen molar-refractivity contribution in [2.24, 2.45) is 0 Å². The van der Waals surface area contributed by atoms with Gasteiger partial charge in [0.1, 0.15) is 12.0 Å². The van der Waals surface area contributed by atoms with E-state index in [0.29, 0.717) is 17.5 Å². The molecule has 1 aliphatic rings. The summed E-state index contributed by atoms with van der Waals surface area (Å²) in [6, 6.07) is 11.1. The van der Waals surface area contributed by atoms with Crippen LogP contribution in [0.15, 0.2) is 36.7 Å². The fraction of sp³-hybridized carbons (Fsp3) is 0.412. The number of hydrogen-bond acceptors (Lipinski definition) is 6. The Morgan fingerprint density at radius 3 is 2.57 bits per heavy atom. The van der Waals surface area contributed by atoms with Crippen molar-refractivity contribution in [2.45, 2.75) is 25.3 Å². The van der Waals surface area contributed by atoms with Crippen LogP contribution in [0, 0.1) is 0 Å². The number of nitrogens with zero attached hydrogens (tertiary/aromatic N) is 3. The molecule has 2 aromatic rings. The molecule has 1 fully saturated rings. The molecule has 0 bridgehead atoms. The smallest absolute Gasteiger partial charge is 0.157 e. The van der Waals surface area contributed by atoms with Crippen LogP contribution in [-0.4, -0.2) is 35.6 Å². The van der Waals surface area contributed by atoms with E-state index < -0.39 is 0 Å². The molecule has 0 atom stereocenters. The Bertz CT molecular complexity index is 622. The maximum Gasteiger partial charge on any atom is 0.157 e. The molecule has 0 spiro atoms. The zero-order chi connectivity index (χ0) is 16.1. The van der Waals surface area contributed by atoms with Crippen LogP contribution in [0.4, 0.5) is 17.3 Å². The van der Waals surface area contributed by atoms with Crippen LogP contribution in [0.3, 0.4) is 0 Å². The van der Waals surface area contributed by atoms with Crippen molar-refractivity contribution in [1.82, 2.24) is 15.3 Å². The Hall–Kier alpha value is -2.34. The van der Waals surface area contributed by atoms with E-state index in [9.17, 15) is 0 Å². The third kappa shape index (κ3) is 3.90. The third-order valence-electron chi connectivity index (χ3n) is 4.38. The van der Waals surface area contributed by atoms with Gasteiger partial charge in [-0.1, -0.05) is 30.3 Å². The normalized spacial score (nSPS) is 15.7. The Morgan fingerprint density at radius 2 is 1.83 bits per heavy atom. The monoisotopic (exact) mass is 312 g/mol. The van der Waals surface area contributed by atoms with Crippen molar-refractivity contribution < 1.29 is 0 Å². The molecule has 23 heavy (non-hydrogen) atoms. The Kier molecular flexibility index (Phi) is 4.92. The van der Waals surface area contributed by atoms with E-state index in [2.05, 4.69) is 50.5 Å². The van der Waals surface area contributed by atoms with Crippen LogP contribution >= 0.6 is 0 Å². The molecule has 3 rings (SSSR count). The Balaban J connectivity index is 1.46. The molecule has 2 heterocycles. The minimum Gasteiger partial charge on any atom is -0.393 e. The average molecular weight is 312 g/mol. The molecular weight excluding hydrogens is 288 g/mol. The predicted octanol–water partition coefficient (Wildman–Crippen LogP) is 1.44. The summed E-state index contributed by atoms with van der Waals surface area (Å²) < 4.78 is 0. The van der Waals surface area contributed by atoms with Gasteiger partial charge < -0.3 is 21.7 Å². The minimum absolute atomic E-state index is 0.359. The summed E-state index contributed by atoms with van der Waals surface area (Å²) in [4.78, 5) is 10.4. The second-order valence-corrected chi connectivity index (χ2v) is 5.95. The van der Waals surface area contributed by atoms with Gasteiger partial charge in [-0.3, -0.25) is 0 Å². The highest BCUT2D eigenvalue weighted by Crippen LogP contribution is 2.26. The SMILES string of the molecule is Nc1ncnc(N2CCC(NCCc3ccccc3)CC2)c1N. The molecule has 1 aliphatic heterocycles. The number of piperidine rings is 1. The highest BCUT2D eigenvalue weighted by Gasteiger charge is 2.21. The number of benzene rings is 1. The summed E-state index contributed by atoms with van der Waals surface area (Å²) in [6.45, 7) is 2.88.